The Kier molecular flexibility index (Phi) is 7.67. The molecule has 3 aliphatic carbocycles. The molecule has 0 radical (unpaired) electrons. The number of hydrogen-bond donors (Lipinski definition) is 0. The summed E-state index contributed by atoms with van der Waals surface area (Å²) in [7, 11) is 1.87. The molecule has 3 fully saturated rings. The van der Waals surface area contributed by atoms with Crippen LogP contribution in [0, 0.1) is 46.3 Å². The molecular formula is C29H49NO2. The van der Waals surface area contributed by atoms with Crippen LogP contribution in [0.5, 0.6) is 0 Å². The number of piperidine rings is 1. The molecule has 1 heterocycles. The second-order valence-corrected chi connectivity index (χ2v) is 12.1. The van der Waals surface area contributed by atoms with E-state index < -0.39 is 0 Å². The molecule has 0 N–H and O–H groups in total. The van der Waals surface area contributed by atoms with Crippen molar-refractivity contribution in [2.75, 3.05) is 7.05 Å². The molecule has 3 nitrogen and oxygen atoms in total. The zero-order valence-electron chi connectivity index (χ0n) is 22.2. The van der Waals surface area contributed by atoms with Gasteiger partial charge in [0.2, 0.25) is 5.91 Å². The number of carbonyl (C=O) groups excluding carboxylic acids is 2. The topological polar surface area (TPSA) is 37.4 Å². The molecule has 0 spiro atoms. The molecule has 1 amide bonds. The predicted molar refractivity (Wildman–Crippen MR) is 133 cm³/mol. The van der Waals surface area contributed by atoms with E-state index in [2.05, 4.69) is 34.6 Å². The van der Waals surface area contributed by atoms with E-state index in [0.29, 0.717) is 29.5 Å². The fraction of sp³-hybridized carbons (Fsp3) is 0.862. The summed E-state index contributed by atoms with van der Waals surface area (Å²) in [4.78, 5) is 27.6. The van der Waals surface area contributed by atoms with Gasteiger partial charge in [-0.2, -0.15) is 0 Å². The molecule has 0 bridgehead atoms. The van der Waals surface area contributed by atoms with E-state index in [1.807, 2.05) is 27.0 Å². The molecule has 182 valence electrons. The van der Waals surface area contributed by atoms with Crippen molar-refractivity contribution in [3.63, 3.8) is 0 Å². The average molecular weight is 444 g/mol. The van der Waals surface area contributed by atoms with Gasteiger partial charge in [-0.05, 0) is 67.1 Å². The van der Waals surface area contributed by atoms with Gasteiger partial charge in [-0.1, -0.05) is 67.7 Å². The van der Waals surface area contributed by atoms with Crippen LogP contribution >= 0.6 is 0 Å². The first kappa shape index (κ1) is 25.5. The Morgan fingerprint density at radius 2 is 1.69 bits per heavy atom. The third kappa shape index (κ3) is 4.11. The van der Waals surface area contributed by atoms with Crippen molar-refractivity contribution < 1.29 is 9.59 Å². The highest BCUT2D eigenvalue weighted by Crippen LogP contribution is 2.66. The summed E-state index contributed by atoms with van der Waals surface area (Å²) in [5, 5.41) is 0. The van der Waals surface area contributed by atoms with Crippen molar-refractivity contribution in [2.45, 2.75) is 106 Å². The summed E-state index contributed by atoms with van der Waals surface area (Å²) in [6, 6.07) is 0. The van der Waals surface area contributed by atoms with Crippen LogP contribution in [0.25, 0.3) is 0 Å². The summed E-state index contributed by atoms with van der Waals surface area (Å²) >= 11 is 0. The van der Waals surface area contributed by atoms with Gasteiger partial charge in [0.05, 0.1) is 0 Å². The molecule has 0 aromatic carbocycles. The highest BCUT2D eigenvalue weighted by Gasteiger charge is 2.62. The first-order chi connectivity index (χ1) is 15.1. The van der Waals surface area contributed by atoms with Crippen LogP contribution in [0.15, 0.2) is 11.8 Å². The lowest BCUT2D eigenvalue weighted by molar-refractivity contribution is -0.142. The minimum Gasteiger partial charge on any atom is -0.319 e. The SMILES string of the molecule is CC.CC(C)CCCC(C)C1CCC2C3C(=O)C=C4N(C)C(=O)CC[C@]4(C)C3CC[C@]12C. The number of ketones is 1. The summed E-state index contributed by atoms with van der Waals surface area (Å²) in [6.07, 6.45) is 12.3. The van der Waals surface area contributed by atoms with Crippen molar-refractivity contribution in [3.05, 3.63) is 11.8 Å². The van der Waals surface area contributed by atoms with E-state index in [1.165, 1.54) is 38.5 Å². The molecule has 1 saturated heterocycles. The van der Waals surface area contributed by atoms with Crippen molar-refractivity contribution >= 4 is 11.7 Å². The zero-order valence-corrected chi connectivity index (χ0v) is 22.2. The summed E-state index contributed by atoms with van der Waals surface area (Å²) in [6.45, 7) is 16.0. The van der Waals surface area contributed by atoms with Gasteiger partial charge in [0.25, 0.3) is 0 Å². The molecule has 2 saturated carbocycles. The number of rotatable bonds is 5. The number of hydrogen-bond acceptors (Lipinski definition) is 2. The highest BCUT2D eigenvalue weighted by atomic mass is 16.2. The fourth-order valence-corrected chi connectivity index (χ4v) is 8.32. The summed E-state index contributed by atoms with van der Waals surface area (Å²) in [5.41, 5.74) is 1.31. The van der Waals surface area contributed by atoms with Gasteiger partial charge in [0, 0.05) is 36.6 Å². The Hall–Kier alpha value is -1.12. The van der Waals surface area contributed by atoms with Crippen molar-refractivity contribution in [3.8, 4) is 0 Å². The van der Waals surface area contributed by atoms with Gasteiger partial charge < -0.3 is 4.90 Å². The summed E-state index contributed by atoms with van der Waals surface area (Å²) < 4.78 is 0. The monoisotopic (exact) mass is 443 g/mol. The molecule has 0 aromatic rings. The van der Waals surface area contributed by atoms with Crippen LogP contribution in [0.3, 0.4) is 0 Å². The lowest BCUT2D eigenvalue weighted by Gasteiger charge is -2.58. The zero-order chi connectivity index (χ0) is 23.8. The van der Waals surface area contributed by atoms with E-state index >= 15 is 0 Å². The molecule has 3 heteroatoms. The number of carbonyl (C=O) groups is 2. The second kappa shape index (κ2) is 9.63. The maximum absolute atomic E-state index is 13.5. The fourth-order valence-electron chi connectivity index (χ4n) is 8.32. The third-order valence-electron chi connectivity index (χ3n) is 10.1. The van der Waals surface area contributed by atoms with Gasteiger partial charge in [0.15, 0.2) is 5.78 Å². The quantitative estimate of drug-likeness (QED) is 0.448. The maximum Gasteiger partial charge on any atom is 0.226 e. The summed E-state index contributed by atoms with van der Waals surface area (Å²) in [5.74, 6) is 3.91. The van der Waals surface area contributed by atoms with Gasteiger partial charge in [-0.15, -0.1) is 0 Å². The van der Waals surface area contributed by atoms with Gasteiger partial charge in [-0.25, -0.2) is 0 Å². The van der Waals surface area contributed by atoms with Gasteiger partial charge >= 0.3 is 0 Å². The molecule has 7 atom stereocenters. The number of nitrogens with zero attached hydrogens (tertiary/aromatic N) is 1. The van der Waals surface area contributed by atoms with Crippen LogP contribution in [0.1, 0.15) is 106 Å². The van der Waals surface area contributed by atoms with E-state index in [9.17, 15) is 9.59 Å². The van der Waals surface area contributed by atoms with E-state index in [1.54, 1.807) is 4.90 Å². The standard InChI is InChI=1S/C27H43NO2.C2H6/c1-17(2)8-7-9-18(3)19-10-11-20-25-21(12-14-26(19,20)4)27(5)15-13-24(30)28(6)23(27)16-22(25)29;1-2/h16-21,25H,7-15H2,1-6H3;1-2H3/t18?,19?,20?,21?,25?,26-,27-;/m1./s1. The minimum atomic E-state index is -0.0104. The van der Waals surface area contributed by atoms with Gasteiger partial charge in [-0.3, -0.25) is 9.59 Å². The lowest BCUT2D eigenvalue weighted by atomic mass is 9.48. The lowest BCUT2D eigenvalue weighted by Crippen LogP contribution is -2.56. The van der Waals surface area contributed by atoms with E-state index in [4.69, 9.17) is 0 Å². The molecular weight excluding hydrogens is 394 g/mol. The Morgan fingerprint density at radius 3 is 2.34 bits per heavy atom. The van der Waals surface area contributed by atoms with Crippen molar-refractivity contribution in [1.82, 2.24) is 4.90 Å². The molecule has 4 rings (SSSR count). The Balaban J connectivity index is 0.00000141. The van der Waals surface area contributed by atoms with E-state index in [-0.39, 0.29) is 17.2 Å². The largest absolute Gasteiger partial charge is 0.319 e. The maximum atomic E-state index is 13.5. The first-order valence-electron chi connectivity index (χ1n) is 13.6. The molecule has 1 aliphatic heterocycles. The first-order valence-corrected chi connectivity index (χ1v) is 13.6. The number of allylic oxidation sites excluding steroid dienone is 2. The molecule has 0 aromatic heterocycles. The Bertz CT molecular complexity index is 739. The third-order valence-corrected chi connectivity index (χ3v) is 10.1. The van der Waals surface area contributed by atoms with Crippen LogP contribution in [-0.2, 0) is 9.59 Å². The number of fused-ring (bicyclic) bond motifs is 5. The van der Waals surface area contributed by atoms with E-state index in [0.717, 1.165) is 36.3 Å². The van der Waals surface area contributed by atoms with Gasteiger partial charge in [0.1, 0.15) is 0 Å². The second-order valence-electron chi connectivity index (χ2n) is 12.1. The van der Waals surface area contributed by atoms with Crippen LogP contribution in [0.4, 0.5) is 0 Å². The number of amides is 1. The Morgan fingerprint density at radius 1 is 1.00 bits per heavy atom. The predicted octanol–water partition coefficient (Wildman–Crippen LogP) is 7.26. The molecule has 4 aliphatic rings. The molecule has 5 unspecified atom stereocenters. The number of likely N-dealkylation sites (tertiary alicyclic amines) is 1. The Labute approximate surface area is 197 Å². The minimum absolute atomic E-state index is 0.0104. The van der Waals surface area contributed by atoms with Crippen LogP contribution in [0.2, 0.25) is 0 Å². The van der Waals surface area contributed by atoms with Crippen molar-refractivity contribution in [1.29, 1.82) is 0 Å². The molecule has 32 heavy (non-hydrogen) atoms. The van der Waals surface area contributed by atoms with Crippen LogP contribution in [-0.4, -0.2) is 23.6 Å². The smallest absolute Gasteiger partial charge is 0.226 e. The van der Waals surface area contributed by atoms with Crippen molar-refractivity contribution in [2.24, 2.45) is 46.3 Å². The average Bonchev–Trinajstić information content (AvgIpc) is 3.11. The normalized spacial score (nSPS) is 39.5. The highest BCUT2D eigenvalue weighted by molar-refractivity contribution is 5.96. The van der Waals surface area contributed by atoms with Crippen LogP contribution < -0.4 is 0 Å².